The average Bonchev–Trinajstić information content (AvgIpc) is 3.55. The Morgan fingerprint density at radius 3 is 2.19 bits per heavy atom. The minimum Gasteiger partial charge on any atom is -0.486 e. The van der Waals surface area contributed by atoms with E-state index >= 15 is 0 Å². The molecule has 0 saturated heterocycles. The van der Waals surface area contributed by atoms with Crippen molar-refractivity contribution in [1.82, 2.24) is 24.5 Å². The second-order valence-corrected chi connectivity index (χ2v) is 22.4. The smallest absolute Gasteiger partial charge is 0.216 e. The molecule has 0 unspecified atom stereocenters. The van der Waals surface area contributed by atoms with Crippen LogP contribution >= 0.6 is 0 Å². The van der Waals surface area contributed by atoms with Crippen LogP contribution in [0.25, 0.3) is 55.7 Å². The van der Waals surface area contributed by atoms with Crippen LogP contribution in [-0.4, -0.2) is 32.6 Å². The molecule has 0 fully saturated rings. The maximum atomic E-state index is 6.04. The Kier molecular flexibility index (Phi) is 11.2. The summed E-state index contributed by atoms with van der Waals surface area (Å²) in [4.78, 5) is 18.9. The van der Waals surface area contributed by atoms with Gasteiger partial charge in [-0.25, -0.2) is 4.98 Å². The van der Waals surface area contributed by atoms with Crippen LogP contribution in [0.4, 0.5) is 0 Å². The Balaban J connectivity index is 0.000000210. The van der Waals surface area contributed by atoms with Gasteiger partial charge in [0.15, 0.2) is 0 Å². The molecule has 8 heteroatoms. The normalized spacial score (nSPS) is 12.2. The predicted octanol–water partition coefficient (Wildman–Crippen LogP) is 10.6. The minimum atomic E-state index is -1.37. The minimum absolute atomic E-state index is 0. The van der Waals surface area contributed by atoms with Crippen LogP contribution in [0.1, 0.15) is 64.2 Å². The molecule has 0 aliphatic carbocycles. The first-order chi connectivity index (χ1) is 23.9. The molecule has 5 aromatic heterocycles. The molecule has 273 valence electrons. The maximum absolute atomic E-state index is 6.04. The number of aryl methyl sites for hydroxylation is 3. The summed E-state index contributed by atoms with van der Waals surface area (Å²) in [6, 6.07) is 27.2. The van der Waals surface area contributed by atoms with Crippen LogP contribution in [0.2, 0.25) is 19.6 Å². The molecule has 0 spiro atoms. The third kappa shape index (κ3) is 8.79. The molecule has 1 radical (unpaired) electrons. The van der Waals surface area contributed by atoms with Crippen molar-refractivity contribution in [1.29, 1.82) is 0 Å². The van der Waals surface area contributed by atoms with E-state index in [1.165, 1.54) is 10.8 Å². The molecule has 2 aromatic carbocycles. The Hall–Kier alpha value is -3.97. The number of furan rings is 1. The summed E-state index contributed by atoms with van der Waals surface area (Å²) < 4.78 is 8.14. The number of rotatable bonds is 5. The first-order valence-electron chi connectivity index (χ1n) is 17.9. The number of hydrogen-bond donors (Lipinski definition) is 0. The van der Waals surface area contributed by atoms with E-state index in [9.17, 15) is 0 Å². The van der Waals surface area contributed by atoms with Gasteiger partial charge in [0.1, 0.15) is 0 Å². The van der Waals surface area contributed by atoms with E-state index in [4.69, 9.17) is 19.4 Å². The third-order valence-electron chi connectivity index (χ3n) is 8.94. The molecule has 0 atom stereocenters. The van der Waals surface area contributed by atoms with Gasteiger partial charge in [0.25, 0.3) is 0 Å². The number of aromatic nitrogens is 5. The van der Waals surface area contributed by atoms with Gasteiger partial charge in [-0.1, -0.05) is 78.2 Å². The summed E-state index contributed by atoms with van der Waals surface area (Å²) in [6.07, 6.45) is 4.11. The molecule has 6 nitrogen and oxygen atoms in total. The van der Waals surface area contributed by atoms with Crippen LogP contribution in [0.5, 0.6) is 0 Å². The van der Waals surface area contributed by atoms with Gasteiger partial charge < -0.3 is 14.0 Å². The molecule has 0 aliphatic rings. The van der Waals surface area contributed by atoms with Crippen molar-refractivity contribution in [3.05, 3.63) is 102 Å². The number of nitrogens with zero attached hydrogens (tertiary/aromatic N) is 5. The largest absolute Gasteiger partial charge is 0.486 e. The van der Waals surface area contributed by atoms with Crippen LogP contribution in [-0.2, 0) is 40.0 Å². The third-order valence-corrected chi connectivity index (χ3v) is 11.0. The van der Waals surface area contributed by atoms with Crippen LogP contribution in [0, 0.1) is 36.8 Å². The van der Waals surface area contributed by atoms with E-state index in [-0.39, 0.29) is 30.9 Å². The average molecular weight is 886 g/mol. The summed E-state index contributed by atoms with van der Waals surface area (Å²) in [5, 5.41) is 3.54. The van der Waals surface area contributed by atoms with Gasteiger partial charge in [-0.2, -0.15) is 0 Å². The van der Waals surface area contributed by atoms with Gasteiger partial charge in [-0.3, -0.25) is 9.97 Å². The zero-order valence-electron chi connectivity index (χ0n) is 32.7. The van der Waals surface area contributed by atoms with E-state index in [2.05, 4.69) is 119 Å². The summed E-state index contributed by atoms with van der Waals surface area (Å²) in [5.41, 5.74) is 11.5. The molecule has 5 heterocycles. The molecule has 0 amide bonds. The number of benzene rings is 2. The quantitative estimate of drug-likeness (QED) is 0.127. The van der Waals surface area contributed by atoms with Crippen molar-refractivity contribution in [3.63, 3.8) is 0 Å². The molecular formula is C44H51IrN5OSi-2. The molecule has 0 aliphatic heterocycles. The summed E-state index contributed by atoms with van der Waals surface area (Å²) in [5.74, 6) is 0.870. The van der Waals surface area contributed by atoms with Crippen molar-refractivity contribution in [2.45, 2.75) is 87.9 Å². The van der Waals surface area contributed by atoms with Crippen molar-refractivity contribution in [2.75, 3.05) is 0 Å². The second-order valence-electron chi connectivity index (χ2n) is 17.3. The number of hydrogen-bond acceptors (Lipinski definition) is 5. The summed E-state index contributed by atoms with van der Waals surface area (Å²) >= 11 is 0. The van der Waals surface area contributed by atoms with Crippen molar-refractivity contribution in [2.24, 2.45) is 17.9 Å². The fraction of sp³-hybridized carbons (Fsp3) is 0.364. The number of pyridine rings is 3. The van der Waals surface area contributed by atoms with Gasteiger partial charge >= 0.3 is 0 Å². The molecule has 52 heavy (non-hydrogen) atoms. The maximum Gasteiger partial charge on any atom is 0.216 e. The number of fused-ring (bicyclic) bond motifs is 4. The van der Waals surface area contributed by atoms with E-state index in [1.807, 2.05) is 51.2 Å². The van der Waals surface area contributed by atoms with Crippen LogP contribution in [0.15, 0.2) is 71.3 Å². The van der Waals surface area contributed by atoms with Gasteiger partial charge in [0, 0.05) is 50.1 Å². The molecule has 7 aromatic rings. The van der Waals surface area contributed by atoms with E-state index in [1.54, 1.807) is 0 Å². The fourth-order valence-electron chi connectivity index (χ4n) is 6.84. The van der Waals surface area contributed by atoms with Crippen LogP contribution < -0.4 is 5.19 Å². The molecule has 0 bridgehead atoms. The first-order valence-corrected chi connectivity index (χ1v) is 21.4. The SMILES string of the molecule is CC(C)(C)Cc1cc(-c2[c-]cccc2)ncc1[Si](C)(C)C.Cc1cc2nc(-c3[c-]cc4oc5nc(CC(C)(C)C)ccc5c4c3)n(C)c2c(C)n1.[Ir]. The second kappa shape index (κ2) is 14.8. The van der Waals surface area contributed by atoms with Gasteiger partial charge in [0.05, 0.1) is 36.2 Å². The van der Waals surface area contributed by atoms with Crippen LogP contribution in [0.3, 0.4) is 0 Å². The number of imidazole rings is 1. The van der Waals surface area contributed by atoms with Gasteiger partial charge in [-0.15, -0.1) is 59.7 Å². The first kappa shape index (κ1) is 39.2. The Labute approximate surface area is 323 Å². The van der Waals surface area contributed by atoms with Gasteiger partial charge in [0.2, 0.25) is 5.71 Å². The Morgan fingerprint density at radius 1 is 0.808 bits per heavy atom. The zero-order valence-corrected chi connectivity index (χ0v) is 36.1. The Bertz CT molecular complexity index is 2360. The topological polar surface area (TPSA) is 69.6 Å². The summed E-state index contributed by atoms with van der Waals surface area (Å²) in [6.45, 7) is 24.8. The standard InChI is InChI=1S/C25H25N4O.C19H26NSi.Ir/c1-14-11-20-22(15(2)26-14)29(6)23(28-20)16-7-10-21-19(12-16)18-9-8-17(13-25(3,4)5)27-24(18)30-21;1-19(2,3)13-16-12-17(15-10-8-7-9-11-15)20-14-18(16)21(4,5)6;/h8-12H,13H2,1-6H3;7-10,12,14H,13H2,1-6H3;/q2*-1;. The van der Waals surface area contributed by atoms with Crippen molar-refractivity contribution in [3.8, 4) is 22.6 Å². The van der Waals surface area contributed by atoms with Gasteiger partial charge in [-0.05, 0) is 66.6 Å². The monoisotopic (exact) mass is 886 g/mol. The van der Waals surface area contributed by atoms with E-state index in [0.717, 1.165) is 80.0 Å². The van der Waals surface area contributed by atoms with Crippen molar-refractivity contribution >= 4 is 46.4 Å². The zero-order chi connectivity index (χ0) is 36.9. The molecule has 0 saturated carbocycles. The Morgan fingerprint density at radius 2 is 1.54 bits per heavy atom. The summed E-state index contributed by atoms with van der Waals surface area (Å²) in [7, 11) is 0.654. The molecule has 7 rings (SSSR count). The van der Waals surface area contributed by atoms with Crippen molar-refractivity contribution < 1.29 is 24.5 Å². The van der Waals surface area contributed by atoms with E-state index in [0.29, 0.717) is 5.71 Å². The molecule has 0 N–H and O–H groups in total. The fourth-order valence-corrected chi connectivity index (χ4v) is 8.41. The van der Waals surface area contributed by atoms with E-state index < -0.39 is 8.07 Å². The molecular weight excluding hydrogens is 835 g/mol. The predicted molar refractivity (Wildman–Crippen MR) is 215 cm³/mol.